The van der Waals surface area contributed by atoms with E-state index in [9.17, 15) is 9.59 Å². The number of rotatable bonds is 4. The van der Waals surface area contributed by atoms with Crippen LogP contribution in [0.4, 0.5) is 0 Å². The fraction of sp³-hybridized carbons (Fsp3) is 0.778. The molecule has 0 bridgehead atoms. The van der Waals surface area contributed by atoms with Gasteiger partial charge in [0.2, 0.25) is 5.91 Å². The van der Waals surface area contributed by atoms with E-state index in [4.69, 9.17) is 10.8 Å². The van der Waals surface area contributed by atoms with E-state index in [-0.39, 0.29) is 12.5 Å². The van der Waals surface area contributed by atoms with E-state index in [1.807, 2.05) is 4.90 Å². The number of hydrogen-bond donors (Lipinski definition) is 2. The van der Waals surface area contributed by atoms with Crippen molar-refractivity contribution in [2.45, 2.75) is 19.3 Å². The van der Waals surface area contributed by atoms with Gasteiger partial charge in [0.1, 0.15) is 0 Å². The molecular weight excluding hydrogens is 184 g/mol. The van der Waals surface area contributed by atoms with Gasteiger partial charge in [-0.2, -0.15) is 0 Å². The first kappa shape index (κ1) is 11.0. The van der Waals surface area contributed by atoms with Gasteiger partial charge in [-0.1, -0.05) is 0 Å². The lowest BCUT2D eigenvalue weighted by molar-refractivity contribution is -0.138. The zero-order valence-electron chi connectivity index (χ0n) is 8.11. The molecule has 0 aromatic carbocycles. The van der Waals surface area contributed by atoms with Gasteiger partial charge >= 0.3 is 5.97 Å². The number of carbonyl (C=O) groups excluding carboxylic acids is 1. The van der Waals surface area contributed by atoms with Crippen LogP contribution in [-0.4, -0.2) is 41.5 Å². The molecule has 0 atom stereocenters. The summed E-state index contributed by atoms with van der Waals surface area (Å²) in [6, 6.07) is 0. The summed E-state index contributed by atoms with van der Waals surface area (Å²) in [5, 5.41) is 8.56. The van der Waals surface area contributed by atoms with Gasteiger partial charge in [-0.15, -0.1) is 0 Å². The number of nitrogens with zero attached hydrogens (tertiary/aromatic N) is 1. The Kier molecular flexibility index (Phi) is 3.88. The van der Waals surface area contributed by atoms with Crippen molar-refractivity contribution >= 4 is 11.9 Å². The van der Waals surface area contributed by atoms with Crippen LogP contribution in [0.2, 0.25) is 0 Å². The van der Waals surface area contributed by atoms with Crippen LogP contribution >= 0.6 is 0 Å². The number of carboxylic acid groups (broad SMARTS) is 1. The minimum atomic E-state index is -0.793. The van der Waals surface area contributed by atoms with E-state index < -0.39 is 5.97 Å². The van der Waals surface area contributed by atoms with E-state index >= 15 is 0 Å². The summed E-state index contributed by atoms with van der Waals surface area (Å²) >= 11 is 0. The Hall–Kier alpha value is -1.10. The number of carboxylic acids is 1. The maximum Gasteiger partial charge on any atom is 0.317 e. The zero-order chi connectivity index (χ0) is 10.6. The third kappa shape index (κ3) is 3.74. The Balaban J connectivity index is 2.24. The van der Waals surface area contributed by atoms with Crippen molar-refractivity contribution in [2.24, 2.45) is 11.7 Å². The second-order valence-corrected chi connectivity index (χ2v) is 3.78. The van der Waals surface area contributed by atoms with Gasteiger partial charge in [-0.3, -0.25) is 14.5 Å². The minimum Gasteiger partial charge on any atom is -0.480 e. The van der Waals surface area contributed by atoms with E-state index in [0.29, 0.717) is 12.3 Å². The molecule has 5 heteroatoms. The first-order valence-electron chi connectivity index (χ1n) is 4.80. The predicted molar refractivity (Wildman–Crippen MR) is 50.6 cm³/mol. The lowest BCUT2D eigenvalue weighted by Crippen LogP contribution is -2.38. The van der Waals surface area contributed by atoms with Crippen molar-refractivity contribution in [2.75, 3.05) is 19.6 Å². The predicted octanol–water partition coefficient (Wildman–Crippen LogP) is -0.342. The van der Waals surface area contributed by atoms with Crippen molar-refractivity contribution < 1.29 is 14.7 Å². The summed E-state index contributed by atoms with van der Waals surface area (Å²) in [5.41, 5.74) is 5.09. The molecule has 1 heterocycles. The monoisotopic (exact) mass is 200 g/mol. The third-order valence-electron chi connectivity index (χ3n) is 2.56. The molecule has 1 rings (SSSR count). The molecule has 0 aromatic heterocycles. The summed E-state index contributed by atoms with van der Waals surface area (Å²) < 4.78 is 0. The molecular formula is C9H16N2O3. The van der Waals surface area contributed by atoms with E-state index in [1.54, 1.807) is 0 Å². The Morgan fingerprint density at radius 3 is 2.36 bits per heavy atom. The number of amides is 1. The molecule has 80 valence electrons. The van der Waals surface area contributed by atoms with Crippen LogP contribution in [0.1, 0.15) is 19.3 Å². The summed E-state index contributed by atoms with van der Waals surface area (Å²) in [4.78, 5) is 22.9. The van der Waals surface area contributed by atoms with Crippen LogP contribution in [0.15, 0.2) is 0 Å². The van der Waals surface area contributed by atoms with Gasteiger partial charge in [-0.05, 0) is 31.8 Å². The molecule has 5 nitrogen and oxygen atoms in total. The highest BCUT2D eigenvalue weighted by atomic mass is 16.4. The third-order valence-corrected chi connectivity index (χ3v) is 2.56. The maximum absolute atomic E-state index is 10.6. The smallest absolute Gasteiger partial charge is 0.317 e. The normalized spacial score (nSPS) is 19.4. The van der Waals surface area contributed by atoms with Crippen LogP contribution in [0, 0.1) is 5.92 Å². The molecule has 0 aliphatic carbocycles. The first-order valence-corrected chi connectivity index (χ1v) is 4.80. The Bertz CT molecular complexity index is 198. The molecule has 14 heavy (non-hydrogen) atoms. The van der Waals surface area contributed by atoms with Crippen LogP contribution < -0.4 is 5.73 Å². The van der Waals surface area contributed by atoms with E-state index in [0.717, 1.165) is 25.9 Å². The highest BCUT2D eigenvalue weighted by Crippen LogP contribution is 2.19. The van der Waals surface area contributed by atoms with Gasteiger partial charge in [0.05, 0.1) is 6.54 Å². The van der Waals surface area contributed by atoms with Gasteiger partial charge in [-0.25, -0.2) is 0 Å². The summed E-state index contributed by atoms with van der Waals surface area (Å²) in [6.45, 7) is 1.61. The number of piperidine rings is 1. The second kappa shape index (κ2) is 4.95. The standard InChI is InChI=1S/C9H16N2O3/c10-8(12)5-7-1-3-11(4-2-7)6-9(13)14/h7H,1-6H2,(H2,10,12)(H,13,14). The molecule has 0 aromatic rings. The molecule has 1 aliphatic rings. The Labute approximate surface area is 82.9 Å². The number of nitrogens with two attached hydrogens (primary N) is 1. The number of hydrogen-bond acceptors (Lipinski definition) is 3. The van der Waals surface area contributed by atoms with Crippen LogP contribution in [0.3, 0.4) is 0 Å². The lowest BCUT2D eigenvalue weighted by atomic mass is 9.93. The van der Waals surface area contributed by atoms with Crippen molar-refractivity contribution in [1.82, 2.24) is 4.90 Å². The number of primary amides is 1. The first-order chi connectivity index (χ1) is 6.58. The molecule has 3 N–H and O–H groups in total. The molecule has 1 amide bonds. The van der Waals surface area contributed by atoms with Crippen molar-refractivity contribution in [1.29, 1.82) is 0 Å². The second-order valence-electron chi connectivity index (χ2n) is 3.78. The maximum atomic E-state index is 10.6. The van der Waals surface area contributed by atoms with Crippen LogP contribution in [0.5, 0.6) is 0 Å². The molecule has 0 spiro atoms. The molecule has 0 radical (unpaired) electrons. The van der Waals surface area contributed by atoms with E-state index in [1.165, 1.54) is 0 Å². The fourth-order valence-corrected chi connectivity index (χ4v) is 1.82. The lowest BCUT2D eigenvalue weighted by Gasteiger charge is -2.30. The van der Waals surface area contributed by atoms with Crippen molar-refractivity contribution in [3.05, 3.63) is 0 Å². The molecule has 1 saturated heterocycles. The van der Waals surface area contributed by atoms with Crippen molar-refractivity contribution in [3.8, 4) is 0 Å². The topological polar surface area (TPSA) is 83.6 Å². The summed E-state index contributed by atoms with van der Waals surface area (Å²) in [7, 11) is 0. The largest absolute Gasteiger partial charge is 0.480 e. The van der Waals surface area contributed by atoms with Gasteiger partial charge in [0.15, 0.2) is 0 Å². The molecule has 0 saturated carbocycles. The number of likely N-dealkylation sites (tertiary alicyclic amines) is 1. The molecule has 1 fully saturated rings. The average molecular weight is 200 g/mol. The van der Waals surface area contributed by atoms with Crippen molar-refractivity contribution in [3.63, 3.8) is 0 Å². The Morgan fingerprint density at radius 2 is 1.93 bits per heavy atom. The number of carbonyl (C=O) groups is 2. The van der Waals surface area contributed by atoms with E-state index in [2.05, 4.69) is 0 Å². The van der Waals surface area contributed by atoms with Gasteiger partial charge in [0.25, 0.3) is 0 Å². The quantitative estimate of drug-likeness (QED) is 0.650. The van der Waals surface area contributed by atoms with Gasteiger partial charge in [0, 0.05) is 6.42 Å². The van der Waals surface area contributed by atoms with Crippen LogP contribution in [0.25, 0.3) is 0 Å². The van der Waals surface area contributed by atoms with Crippen LogP contribution in [-0.2, 0) is 9.59 Å². The zero-order valence-corrected chi connectivity index (χ0v) is 8.11. The molecule has 1 aliphatic heterocycles. The fourth-order valence-electron chi connectivity index (χ4n) is 1.82. The SMILES string of the molecule is NC(=O)CC1CCN(CC(=O)O)CC1. The summed E-state index contributed by atoms with van der Waals surface area (Å²) in [5.74, 6) is -0.711. The highest BCUT2D eigenvalue weighted by molar-refractivity contribution is 5.74. The summed E-state index contributed by atoms with van der Waals surface area (Å²) in [6.07, 6.45) is 2.17. The minimum absolute atomic E-state index is 0.100. The Morgan fingerprint density at radius 1 is 1.36 bits per heavy atom. The highest BCUT2D eigenvalue weighted by Gasteiger charge is 2.21. The van der Waals surface area contributed by atoms with Gasteiger partial charge < -0.3 is 10.8 Å². The molecule has 0 unspecified atom stereocenters. The number of aliphatic carboxylic acids is 1. The average Bonchev–Trinajstić information content (AvgIpc) is 2.06.